The molecule has 3 nitrogen and oxygen atoms in total. The number of aryl methyl sites for hydroxylation is 2. The van der Waals surface area contributed by atoms with Crippen molar-refractivity contribution < 1.29 is 4.74 Å². The number of benzene rings is 2. The molecule has 0 unspecified atom stereocenters. The fraction of sp³-hybridized carbons (Fsp3) is 0.455. The van der Waals surface area contributed by atoms with Gasteiger partial charge in [0.15, 0.2) is 0 Å². The number of nitrogens with one attached hydrogen (secondary N) is 1. The number of hydrogen-bond acceptors (Lipinski definition) is 3. The Balaban J connectivity index is 1.40. The second kappa shape index (κ2) is 9.59. The molecule has 0 bridgehead atoms. The van der Waals surface area contributed by atoms with Gasteiger partial charge in [-0.2, -0.15) is 0 Å². The first kappa shape index (κ1) is 18.0. The molecule has 1 aliphatic rings. The summed E-state index contributed by atoms with van der Waals surface area (Å²) in [4.78, 5) is 2.57. The number of ether oxygens (including phenoxy) is 1. The van der Waals surface area contributed by atoms with Crippen LogP contribution in [0.15, 0.2) is 48.5 Å². The Labute approximate surface area is 152 Å². The molecule has 3 heteroatoms. The van der Waals surface area contributed by atoms with E-state index in [1.807, 2.05) is 0 Å². The summed E-state index contributed by atoms with van der Waals surface area (Å²) in [5.74, 6) is 0.972. The average Bonchev–Trinajstić information content (AvgIpc) is 2.66. The lowest BCUT2D eigenvalue weighted by Gasteiger charge is -2.27. The van der Waals surface area contributed by atoms with Crippen molar-refractivity contribution in [2.24, 2.45) is 0 Å². The molecular formula is C22H30N2O. The van der Waals surface area contributed by atoms with Crippen LogP contribution in [-0.2, 0) is 13.0 Å². The van der Waals surface area contributed by atoms with Crippen molar-refractivity contribution >= 4 is 0 Å². The molecule has 25 heavy (non-hydrogen) atoms. The Morgan fingerprint density at radius 2 is 1.76 bits per heavy atom. The van der Waals surface area contributed by atoms with E-state index in [1.54, 1.807) is 0 Å². The second-order valence-electron chi connectivity index (χ2n) is 6.97. The van der Waals surface area contributed by atoms with Gasteiger partial charge >= 0.3 is 0 Å². The van der Waals surface area contributed by atoms with E-state index in [2.05, 4.69) is 65.7 Å². The summed E-state index contributed by atoms with van der Waals surface area (Å²) in [6.45, 7) is 8.64. The second-order valence-corrected chi connectivity index (χ2v) is 6.97. The molecule has 3 rings (SSSR count). The maximum atomic E-state index is 5.96. The summed E-state index contributed by atoms with van der Waals surface area (Å²) >= 11 is 0. The van der Waals surface area contributed by atoms with Gasteiger partial charge in [0.2, 0.25) is 0 Å². The SMILES string of the molecule is Cc1ccc(COc2cccc(CCCCN3CCNCC3)c2)cc1. The van der Waals surface area contributed by atoms with E-state index in [0.717, 1.165) is 25.3 Å². The van der Waals surface area contributed by atoms with Crippen LogP contribution in [0.1, 0.15) is 29.5 Å². The van der Waals surface area contributed by atoms with Crippen LogP contribution in [-0.4, -0.2) is 37.6 Å². The molecular weight excluding hydrogens is 308 g/mol. The van der Waals surface area contributed by atoms with E-state index in [-0.39, 0.29) is 0 Å². The van der Waals surface area contributed by atoms with Crippen LogP contribution < -0.4 is 10.1 Å². The predicted molar refractivity (Wildman–Crippen MR) is 104 cm³/mol. The minimum Gasteiger partial charge on any atom is -0.489 e. The van der Waals surface area contributed by atoms with E-state index in [1.165, 1.54) is 49.2 Å². The molecule has 1 heterocycles. The number of unbranched alkanes of at least 4 members (excludes halogenated alkanes) is 1. The predicted octanol–water partition coefficient (Wildman–Crippen LogP) is 3.80. The zero-order chi connectivity index (χ0) is 17.3. The van der Waals surface area contributed by atoms with Crippen LogP contribution in [0.4, 0.5) is 0 Å². The lowest BCUT2D eigenvalue weighted by molar-refractivity contribution is 0.237. The van der Waals surface area contributed by atoms with Crippen molar-refractivity contribution in [3.05, 3.63) is 65.2 Å². The van der Waals surface area contributed by atoms with Gasteiger partial charge in [-0.3, -0.25) is 0 Å². The zero-order valence-electron chi connectivity index (χ0n) is 15.3. The maximum absolute atomic E-state index is 5.96. The number of hydrogen-bond donors (Lipinski definition) is 1. The summed E-state index contributed by atoms with van der Waals surface area (Å²) in [6.07, 6.45) is 3.65. The molecule has 0 aromatic heterocycles. The highest BCUT2D eigenvalue weighted by Crippen LogP contribution is 2.17. The van der Waals surface area contributed by atoms with Crippen molar-refractivity contribution in [1.29, 1.82) is 0 Å². The van der Waals surface area contributed by atoms with Crippen molar-refractivity contribution in [1.82, 2.24) is 10.2 Å². The van der Waals surface area contributed by atoms with Gasteiger partial charge < -0.3 is 15.0 Å². The largest absolute Gasteiger partial charge is 0.489 e. The lowest BCUT2D eigenvalue weighted by atomic mass is 10.1. The first-order valence-electron chi connectivity index (χ1n) is 9.50. The molecule has 1 fully saturated rings. The Bertz CT molecular complexity index is 633. The third kappa shape index (κ3) is 6.18. The number of nitrogens with zero attached hydrogens (tertiary/aromatic N) is 1. The van der Waals surface area contributed by atoms with Crippen molar-refractivity contribution in [2.45, 2.75) is 32.8 Å². The Kier molecular flexibility index (Phi) is 6.89. The molecule has 0 saturated carbocycles. The highest BCUT2D eigenvalue weighted by Gasteiger charge is 2.08. The Morgan fingerprint density at radius 3 is 2.56 bits per heavy atom. The third-order valence-corrected chi connectivity index (χ3v) is 4.82. The third-order valence-electron chi connectivity index (χ3n) is 4.82. The molecule has 1 saturated heterocycles. The highest BCUT2D eigenvalue weighted by atomic mass is 16.5. The highest BCUT2D eigenvalue weighted by molar-refractivity contribution is 5.29. The van der Waals surface area contributed by atoms with Gasteiger partial charge in [0.1, 0.15) is 12.4 Å². The van der Waals surface area contributed by atoms with Gasteiger partial charge in [-0.05, 0) is 56.0 Å². The first-order valence-corrected chi connectivity index (χ1v) is 9.50. The molecule has 1 N–H and O–H groups in total. The van der Waals surface area contributed by atoms with Crippen LogP contribution in [0.5, 0.6) is 5.75 Å². The summed E-state index contributed by atoms with van der Waals surface area (Å²) in [5, 5.41) is 3.41. The van der Waals surface area contributed by atoms with Crippen LogP contribution in [0.25, 0.3) is 0 Å². The molecule has 0 aliphatic carbocycles. The standard InChI is InChI=1S/C22H30N2O/c1-19-8-10-21(11-9-19)18-25-22-7-4-6-20(17-22)5-2-3-14-24-15-12-23-13-16-24/h4,6-11,17,23H,2-3,5,12-16,18H2,1H3. The van der Waals surface area contributed by atoms with Gasteiger partial charge in [0.05, 0.1) is 0 Å². The summed E-state index contributed by atoms with van der Waals surface area (Å²) in [5.41, 5.74) is 3.88. The Hall–Kier alpha value is -1.84. The van der Waals surface area contributed by atoms with E-state index >= 15 is 0 Å². The summed E-state index contributed by atoms with van der Waals surface area (Å²) < 4.78 is 5.96. The van der Waals surface area contributed by atoms with Crippen LogP contribution in [0, 0.1) is 6.92 Å². The molecule has 1 aliphatic heterocycles. The van der Waals surface area contributed by atoms with E-state index in [0.29, 0.717) is 6.61 Å². The van der Waals surface area contributed by atoms with Crippen LogP contribution in [0.2, 0.25) is 0 Å². The topological polar surface area (TPSA) is 24.5 Å². The molecule has 0 radical (unpaired) electrons. The van der Waals surface area contributed by atoms with Crippen LogP contribution >= 0.6 is 0 Å². The summed E-state index contributed by atoms with van der Waals surface area (Å²) in [6, 6.07) is 17.1. The van der Waals surface area contributed by atoms with E-state index in [9.17, 15) is 0 Å². The van der Waals surface area contributed by atoms with Crippen molar-refractivity contribution in [3.8, 4) is 5.75 Å². The van der Waals surface area contributed by atoms with Crippen molar-refractivity contribution in [2.75, 3.05) is 32.7 Å². The maximum Gasteiger partial charge on any atom is 0.120 e. The number of piperazine rings is 1. The molecule has 2 aromatic rings. The van der Waals surface area contributed by atoms with Gasteiger partial charge in [0, 0.05) is 26.2 Å². The van der Waals surface area contributed by atoms with Crippen LogP contribution in [0.3, 0.4) is 0 Å². The normalized spacial score (nSPS) is 15.2. The minimum absolute atomic E-state index is 0.632. The lowest BCUT2D eigenvalue weighted by Crippen LogP contribution is -2.43. The smallest absolute Gasteiger partial charge is 0.120 e. The molecule has 0 amide bonds. The van der Waals surface area contributed by atoms with Gasteiger partial charge in [-0.25, -0.2) is 0 Å². The number of rotatable bonds is 8. The molecule has 2 aromatic carbocycles. The average molecular weight is 338 g/mol. The molecule has 0 atom stereocenters. The van der Waals surface area contributed by atoms with Gasteiger partial charge in [-0.15, -0.1) is 0 Å². The fourth-order valence-electron chi connectivity index (χ4n) is 3.24. The van der Waals surface area contributed by atoms with E-state index < -0.39 is 0 Å². The van der Waals surface area contributed by atoms with Gasteiger partial charge in [0.25, 0.3) is 0 Å². The van der Waals surface area contributed by atoms with Crippen molar-refractivity contribution in [3.63, 3.8) is 0 Å². The Morgan fingerprint density at radius 1 is 0.960 bits per heavy atom. The summed E-state index contributed by atoms with van der Waals surface area (Å²) in [7, 11) is 0. The quantitative estimate of drug-likeness (QED) is 0.741. The molecule has 134 valence electrons. The monoisotopic (exact) mass is 338 g/mol. The zero-order valence-corrected chi connectivity index (χ0v) is 15.3. The first-order chi connectivity index (χ1) is 12.3. The van der Waals surface area contributed by atoms with E-state index in [4.69, 9.17) is 4.74 Å². The van der Waals surface area contributed by atoms with Gasteiger partial charge in [-0.1, -0.05) is 42.0 Å². The molecule has 0 spiro atoms. The fourth-order valence-corrected chi connectivity index (χ4v) is 3.24. The minimum atomic E-state index is 0.632.